The first kappa shape index (κ1) is 20.6. The molecule has 2 atom stereocenters. The summed E-state index contributed by atoms with van der Waals surface area (Å²) < 4.78 is 0. The van der Waals surface area contributed by atoms with Gasteiger partial charge in [-0.3, -0.25) is 4.90 Å². The second kappa shape index (κ2) is 8.30. The van der Waals surface area contributed by atoms with Crippen LogP contribution in [0.1, 0.15) is 56.3 Å². The predicted molar refractivity (Wildman–Crippen MR) is 111 cm³/mol. The predicted octanol–water partition coefficient (Wildman–Crippen LogP) is 4.84. The Kier molecular flexibility index (Phi) is 6.83. The SMILES string of the molecule is CCC1(CCCN)CCCN2CCc3c([nH]c4ccccc34)C21.Cl.Cl. The molecular weight excluding hydrogens is 353 g/mol. The molecule has 4 rings (SSSR count). The van der Waals surface area contributed by atoms with Crippen LogP contribution in [0.2, 0.25) is 0 Å². The Morgan fingerprint density at radius 3 is 2.80 bits per heavy atom. The van der Waals surface area contributed by atoms with Gasteiger partial charge in [0.05, 0.1) is 6.04 Å². The molecule has 3 N–H and O–H groups in total. The Bertz CT molecular complexity index is 699. The van der Waals surface area contributed by atoms with Crippen LogP contribution in [0, 0.1) is 5.41 Å². The maximum atomic E-state index is 5.86. The second-order valence-electron chi connectivity index (χ2n) is 7.46. The van der Waals surface area contributed by atoms with Gasteiger partial charge >= 0.3 is 0 Å². The lowest BCUT2D eigenvalue weighted by Gasteiger charge is -2.52. The molecule has 2 unspecified atom stereocenters. The third-order valence-electron chi connectivity index (χ3n) is 6.42. The minimum Gasteiger partial charge on any atom is -0.357 e. The Morgan fingerprint density at radius 2 is 2.04 bits per heavy atom. The number of fused-ring (bicyclic) bond motifs is 5. The fourth-order valence-electron chi connectivity index (χ4n) is 5.26. The summed E-state index contributed by atoms with van der Waals surface area (Å²) in [6.45, 7) is 5.67. The van der Waals surface area contributed by atoms with Crippen molar-refractivity contribution >= 4 is 35.7 Å². The number of halogens is 2. The van der Waals surface area contributed by atoms with Crippen molar-refractivity contribution in [2.75, 3.05) is 19.6 Å². The normalized spacial score (nSPS) is 25.6. The van der Waals surface area contributed by atoms with E-state index in [1.54, 1.807) is 5.56 Å². The van der Waals surface area contributed by atoms with Crippen molar-refractivity contribution in [3.05, 3.63) is 35.5 Å². The van der Waals surface area contributed by atoms with Gasteiger partial charge in [-0.05, 0) is 68.7 Å². The van der Waals surface area contributed by atoms with Crippen molar-refractivity contribution in [2.24, 2.45) is 11.1 Å². The molecule has 2 aliphatic rings. The highest BCUT2D eigenvalue weighted by Gasteiger charge is 2.46. The largest absolute Gasteiger partial charge is 0.357 e. The fraction of sp³-hybridized carbons (Fsp3) is 0.600. The number of nitrogens with zero attached hydrogens (tertiary/aromatic N) is 1. The molecule has 1 fully saturated rings. The summed E-state index contributed by atoms with van der Waals surface area (Å²) in [5.41, 5.74) is 10.7. The van der Waals surface area contributed by atoms with E-state index < -0.39 is 0 Å². The molecule has 0 radical (unpaired) electrons. The highest BCUT2D eigenvalue weighted by Crippen LogP contribution is 2.53. The Morgan fingerprint density at radius 1 is 1.24 bits per heavy atom. The summed E-state index contributed by atoms with van der Waals surface area (Å²) in [6, 6.07) is 9.39. The van der Waals surface area contributed by atoms with Crippen LogP contribution in [0.5, 0.6) is 0 Å². The zero-order chi connectivity index (χ0) is 15.9. The number of nitrogens with two attached hydrogens (primary N) is 1. The van der Waals surface area contributed by atoms with Gasteiger partial charge in [-0.2, -0.15) is 0 Å². The van der Waals surface area contributed by atoms with E-state index in [4.69, 9.17) is 5.73 Å². The molecule has 3 nitrogen and oxygen atoms in total. The van der Waals surface area contributed by atoms with Gasteiger partial charge in [0, 0.05) is 23.1 Å². The number of rotatable bonds is 4. The van der Waals surface area contributed by atoms with E-state index in [0.717, 1.165) is 13.0 Å². The minimum absolute atomic E-state index is 0. The van der Waals surface area contributed by atoms with E-state index in [9.17, 15) is 0 Å². The van der Waals surface area contributed by atoms with Gasteiger partial charge in [0.25, 0.3) is 0 Å². The molecule has 1 aromatic carbocycles. The van der Waals surface area contributed by atoms with E-state index in [-0.39, 0.29) is 24.8 Å². The molecule has 0 amide bonds. The highest BCUT2D eigenvalue weighted by atomic mass is 35.5. The Labute approximate surface area is 163 Å². The van der Waals surface area contributed by atoms with Crippen LogP contribution < -0.4 is 5.73 Å². The van der Waals surface area contributed by atoms with E-state index >= 15 is 0 Å². The summed E-state index contributed by atoms with van der Waals surface area (Å²) in [7, 11) is 0. The molecular formula is C20H31Cl2N3. The first-order chi connectivity index (χ1) is 11.3. The van der Waals surface area contributed by atoms with Crippen molar-refractivity contribution in [3.63, 3.8) is 0 Å². The summed E-state index contributed by atoms with van der Waals surface area (Å²) in [6.07, 6.45) is 7.53. The van der Waals surface area contributed by atoms with Gasteiger partial charge in [-0.1, -0.05) is 25.1 Å². The molecule has 1 saturated heterocycles. The maximum absolute atomic E-state index is 5.86. The van der Waals surface area contributed by atoms with Gasteiger partial charge < -0.3 is 10.7 Å². The summed E-state index contributed by atoms with van der Waals surface area (Å²) in [4.78, 5) is 6.56. The van der Waals surface area contributed by atoms with Crippen molar-refractivity contribution in [3.8, 4) is 0 Å². The maximum Gasteiger partial charge on any atom is 0.0558 e. The van der Waals surface area contributed by atoms with Crippen LogP contribution in [0.4, 0.5) is 0 Å². The van der Waals surface area contributed by atoms with Crippen LogP contribution in [0.15, 0.2) is 24.3 Å². The lowest BCUT2D eigenvalue weighted by atomic mass is 9.65. The average molecular weight is 384 g/mol. The number of aromatic amines is 1. The summed E-state index contributed by atoms with van der Waals surface area (Å²) in [5, 5.41) is 1.44. The number of piperidine rings is 1. The number of para-hydroxylation sites is 1. The second-order valence-corrected chi connectivity index (χ2v) is 7.46. The zero-order valence-corrected chi connectivity index (χ0v) is 16.7. The molecule has 0 aliphatic carbocycles. The number of nitrogens with one attached hydrogen (secondary N) is 1. The van der Waals surface area contributed by atoms with Crippen molar-refractivity contribution in [2.45, 2.75) is 51.5 Å². The van der Waals surface area contributed by atoms with Crippen LogP contribution in [0.3, 0.4) is 0 Å². The van der Waals surface area contributed by atoms with Crippen molar-refractivity contribution in [1.82, 2.24) is 9.88 Å². The van der Waals surface area contributed by atoms with Gasteiger partial charge in [0.2, 0.25) is 0 Å². The number of hydrogen-bond acceptors (Lipinski definition) is 2. The number of benzene rings is 1. The van der Waals surface area contributed by atoms with Crippen LogP contribution in [-0.2, 0) is 6.42 Å². The quantitative estimate of drug-likeness (QED) is 0.792. The molecule has 2 aromatic rings. The first-order valence-electron chi connectivity index (χ1n) is 9.32. The molecule has 25 heavy (non-hydrogen) atoms. The van der Waals surface area contributed by atoms with Crippen molar-refractivity contribution < 1.29 is 0 Å². The third kappa shape index (κ3) is 3.32. The lowest BCUT2D eigenvalue weighted by Crippen LogP contribution is -2.49. The molecule has 3 heterocycles. The van der Waals surface area contributed by atoms with E-state index in [1.165, 1.54) is 61.8 Å². The molecule has 0 bridgehead atoms. The Hall–Kier alpha value is -0.740. The third-order valence-corrected chi connectivity index (χ3v) is 6.42. The molecule has 2 aliphatic heterocycles. The van der Waals surface area contributed by atoms with Gasteiger partial charge in [0.1, 0.15) is 0 Å². The van der Waals surface area contributed by atoms with Gasteiger partial charge in [-0.15, -0.1) is 24.8 Å². The van der Waals surface area contributed by atoms with E-state index in [0.29, 0.717) is 11.5 Å². The summed E-state index contributed by atoms with van der Waals surface area (Å²) in [5.74, 6) is 0. The number of hydrogen-bond donors (Lipinski definition) is 2. The van der Waals surface area contributed by atoms with Crippen molar-refractivity contribution in [1.29, 1.82) is 0 Å². The monoisotopic (exact) mass is 383 g/mol. The summed E-state index contributed by atoms with van der Waals surface area (Å²) >= 11 is 0. The standard InChI is InChI=1S/C20H29N3.2ClH/c1-2-20(10-5-12-21)11-6-13-23-14-9-16-15-7-3-4-8-17(15)22-18(16)19(20)23;;/h3-4,7-8,19,22H,2,5-6,9-14,21H2,1H3;2*1H. The molecule has 0 spiro atoms. The fourth-order valence-corrected chi connectivity index (χ4v) is 5.26. The zero-order valence-electron chi connectivity index (χ0n) is 15.1. The molecule has 1 aromatic heterocycles. The number of H-pyrrole nitrogens is 1. The molecule has 140 valence electrons. The topological polar surface area (TPSA) is 45.0 Å². The molecule has 5 heteroatoms. The minimum atomic E-state index is 0. The Balaban J connectivity index is 0.00000113. The molecule has 0 saturated carbocycles. The van der Waals surface area contributed by atoms with Crippen LogP contribution >= 0.6 is 24.8 Å². The van der Waals surface area contributed by atoms with E-state index in [2.05, 4.69) is 41.1 Å². The average Bonchev–Trinajstić information content (AvgIpc) is 2.98. The van der Waals surface area contributed by atoms with Crippen LogP contribution in [0.25, 0.3) is 10.9 Å². The smallest absolute Gasteiger partial charge is 0.0558 e. The van der Waals surface area contributed by atoms with Crippen LogP contribution in [-0.4, -0.2) is 29.5 Å². The lowest BCUT2D eigenvalue weighted by molar-refractivity contribution is -0.00816. The van der Waals surface area contributed by atoms with E-state index in [1.807, 2.05) is 0 Å². The number of aromatic nitrogens is 1. The first-order valence-corrected chi connectivity index (χ1v) is 9.32. The highest BCUT2D eigenvalue weighted by molar-refractivity contribution is 5.86. The van der Waals surface area contributed by atoms with Gasteiger partial charge in [-0.25, -0.2) is 0 Å². The van der Waals surface area contributed by atoms with Gasteiger partial charge in [0.15, 0.2) is 0 Å².